The number of anilines is 1. The molecule has 5 nitrogen and oxygen atoms in total. The summed E-state index contributed by atoms with van der Waals surface area (Å²) in [6.07, 6.45) is 1.91. The Labute approximate surface area is 118 Å². The van der Waals surface area contributed by atoms with E-state index in [0.29, 0.717) is 0 Å². The topological polar surface area (TPSA) is 44.3 Å². The Morgan fingerprint density at radius 3 is 2.60 bits per heavy atom. The minimum Gasteiger partial charge on any atom is -0.367 e. The second kappa shape index (κ2) is 5.00. The van der Waals surface area contributed by atoms with E-state index in [-0.39, 0.29) is 0 Å². The van der Waals surface area contributed by atoms with Gasteiger partial charge in [-0.2, -0.15) is 10.2 Å². The molecule has 1 aromatic carbocycles. The highest BCUT2D eigenvalue weighted by Gasteiger charge is 2.28. The number of rotatable bonds is 2. The van der Waals surface area contributed by atoms with E-state index in [1.165, 1.54) is 11.1 Å². The molecule has 2 aliphatic rings. The summed E-state index contributed by atoms with van der Waals surface area (Å²) in [6, 6.07) is 9.01. The zero-order valence-corrected chi connectivity index (χ0v) is 11.5. The average molecular weight is 269 g/mol. The van der Waals surface area contributed by atoms with Crippen LogP contribution in [0.1, 0.15) is 0 Å². The number of piperazine rings is 1. The molecule has 0 aliphatic carbocycles. The van der Waals surface area contributed by atoms with Crippen molar-refractivity contribution < 1.29 is 0 Å². The Hall–Kier alpha value is -1.72. The van der Waals surface area contributed by atoms with Gasteiger partial charge in [0.1, 0.15) is 0 Å². The second-order valence-electron chi connectivity index (χ2n) is 5.58. The fourth-order valence-electron chi connectivity index (χ4n) is 3.10. The van der Waals surface area contributed by atoms with Crippen LogP contribution in [0.4, 0.5) is 5.69 Å². The first-order valence-electron chi connectivity index (χ1n) is 7.32. The van der Waals surface area contributed by atoms with E-state index < -0.39 is 0 Å². The van der Waals surface area contributed by atoms with Crippen LogP contribution in [0.2, 0.25) is 0 Å². The van der Waals surface area contributed by atoms with Gasteiger partial charge in [0.25, 0.3) is 0 Å². The molecule has 3 heterocycles. The highest BCUT2D eigenvalue weighted by atomic mass is 15.3. The van der Waals surface area contributed by atoms with E-state index in [1.807, 2.05) is 18.3 Å². The van der Waals surface area contributed by atoms with E-state index in [0.717, 1.165) is 50.8 Å². The van der Waals surface area contributed by atoms with E-state index in [1.54, 1.807) is 0 Å². The van der Waals surface area contributed by atoms with Crippen LogP contribution in [0.25, 0.3) is 10.9 Å². The van der Waals surface area contributed by atoms with Gasteiger partial charge in [-0.15, -0.1) is 0 Å². The first-order chi connectivity index (χ1) is 9.92. The maximum Gasteiger partial charge on any atom is 0.0950 e. The van der Waals surface area contributed by atoms with Crippen molar-refractivity contribution in [3.05, 3.63) is 30.5 Å². The predicted octanol–water partition coefficient (Wildman–Crippen LogP) is 0.724. The maximum atomic E-state index is 4.21. The van der Waals surface area contributed by atoms with Gasteiger partial charge in [-0.25, -0.2) is 0 Å². The van der Waals surface area contributed by atoms with Crippen LogP contribution >= 0.6 is 0 Å². The average Bonchev–Trinajstić information content (AvgIpc) is 2.46. The summed E-state index contributed by atoms with van der Waals surface area (Å²) in [4.78, 5) is 5.05. The summed E-state index contributed by atoms with van der Waals surface area (Å²) in [5, 5.41) is 12.9. The molecule has 1 aromatic heterocycles. The van der Waals surface area contributed by atoms with Crippen LogP contribution in [0.5, 0.6) is 0 Å². The van der Waals surface area contributed by atoms with Crippen LogP contribution in [0.3, 0.4) is 0 Å². The summed E-state index contributed by atoms with van der Waals surface area (Å²) >= 11 is 0. The normalized spacial score (nSPS) is 21.1. The largest absolute Gasteiger partial charge is 0.367 e. The number of nitrogens with zero attached hydrogens (tertiary/aromatic N) is 4. The lowest BCUT2D eigenvalue weighted by Crippen LogP contribution is -2.61. The number of aromatic nitrogens is 2. The zero-order valence-electron chi connectivity index (χ0n) is 11.5. The fourth-order valence-corrected chi connectivity index (χ4v) is 3.10. The van der Waals surface area contributed by atoms with E-state index >= 15 is 0 Å². The molecule has 20 heavy (non-hydrogen) atoms. The van der Waals surface area contributed by atoms with Gasteiger partial charge < -0.3 is 10.2 Å². The molecule has 4 rings (SSSR count). The van der Waals surface area contributed by atoms with Crippen LogP contribution in [-0.2, 0) is 0 Å². The van der Waals surface area contributed by atoms with Gasteiger partial charge in [0.2, 0.25) is 0 Å². The Bertz CT molecular complexity index is 597. The van der Waals surface area contributed by atoms with Gasteiger partial charge in [0, 0.05) is 50.7 Å². The van der Waals surface area contributed by atoms with E-state index in [2.05, 4.69) is 37.4 Å². The van der Waals surface area contributed by atoms with Crippen molar-refractivity contribution in [1.82, 2.24) is 20.4 Å². The van der Waals surface area contributed by atoms with Gasteiger partial charge in [-0.05, 0) is 6.07 Å². The zero-order chi connectivity index (χ0) is 13.4. The Morgan fingerprint density at radius 1 is 1.05 bits per heavy atom. The highest BCUT2D eigenvalue weighted by molar-refractivity contribution is 5.90. The van der Waals surface area contributed by atoms with Crippen molar-refractivity contribution in [3.8, 4) is 0 Å². The van der Waals surface area contributed by atoms with Gasteiger partial charge in [-0.3, -0.25) is 4.90 Å². The van der Waals surface area contributed by atoms with Crippen LogP contribution in [-0.4, -0.2) is 60.4 Å². The molecule has 0 amide bonds. The fraction of sp³-hybridized carbons (Fsp3) is 0.467. The number of hydrogen-bond donors (Lipinski definition) is 1. The summed E-state index contributed by atoms with van der Waals surface area (Å²) in [5.74, 6) is 0. The molecule has 2 fully saturated rings. The number of fused-ring (bicyclic) bond motifs is 1. The molecule has 0 spiro atoms. The van der Waals surface area contributed by atoms with Crippen molar-refractivity contribution in [2.24, 2.45) is 0 Å². The van der Waals surface area contributed by atoms with Gasteiger partial charge in [0.15, 0.2) is 0 Å². The number of hydrogen-bond acceptors (Lipinski definition) is 5. The molecule has 5 heteroatoms. The van der Waals surface area contributed by atoms with Gasteiger partial charge in [0.05, 0.1) is 17.4 Å². The molecular weight excluding hydrogens is 250 g/mol. The minimum atomic E-state index is 0.754. The van der Waals surface area contributed by atoms with E-state index in [9.17, 15) is 0 Å². The molecule has 0 bridgehead atoms. The smallest absolute Gasteiger partial charge is 0.0950 e. The summed E-state index contributed by atoms with van der Waals surface area (Å²) in [5.41, 5.74) is 2.21. The third kappa shape index (κ3) is 2.03. The molecule has 0 atom stereocenters. The van der Waals surface area contributed by atoms with Crippen molar-refractivity contribution in [2.45, 2.75) is 6.04 Å². The van der Waals surface area contributed by atoms with Crippen molar-refractivity contribution >= 4 is 16.6 Å². The molecule has 0 radical (unpaired) electrons. The molecular formula is C15H19N5. The monoisotopic (exact) mass is 269 g/mol. The van der Waals surface area contributed by atoms with Gasteiger partial charge in [-0.1, -0.05) is 18.2 Å². The molecule has 0 saturated carbocycles. The van der Waals surface area contributed by atoms with Crippen molar-refractivity contribution in [3.63, 3.8) is 0 Å². The first-order valence-corrected chi connectivity index (χ1v) is 7.32. The summed E-state index contributed by atoms with van der Waals surface area (Å²) in [7, 11) is 0. The molecule has 1 N–H and O–H groups in total. The van der Waals surface area contributed by atoms with Crippen LogP contribution in [0, 0.1) is 0 Å². The summed E-state index contributed by atoms with van der Waals surface area (Å²) < 4.78 is 0. The lowest BCUT2D eigenvalue weighted by Gasteiger charge is -2.43. The maximum absolute atomic E-state index is 4.21. The SMILES string of the molecule is c1ccc2c(N3CCN(C4CNC4)CC3)cnnc2c1. The standard InChI is InChI=1S/C15H19N5/c1-2-4-14-13(3-1)15(11-17-18-14)20-7-5-19(6-8-20)12-9-16-10-12/h1-4,11-12,16H,5-10H2. The van der Waals surface area contributed by atoms with Gasteiger partial charge >= 0.3 is 0 Å². The molecule has 2 saturated heterocycles. The lowest BCUT2D eigenvalue weighted by atomic mass is 10.1. The second-order valence-corrected chi connectivity index (χ2v) is 5.58. The van der Waals surface area contributed by atoms with Crippen LogP contribution < -0.4 is 10.2 Å². The lowest BCUT2D eigenvalue weighted by molar-refractivity contribution is 0.138. The first kappa shape index (κ1) is 12.1. The Morgan fingerprint density at radius 2 is 1.85 bits per heavy atom. The molecule has 2 aromatic rings. The number of benzene rings is 1. The summed E-state index contributed by atoms with van der Waals surface area (Å²) in [6.45, 7) is 6.74. The third-order valence-electron chi connectivity index (χ3n) is 4.46. The minimum absolute atomic E-state index is 0.754. The molecule has 0 unspecified atom stereocenters. The highest BCUT2D eigenvalue weighted by Crippen LogP contribution is 2.25. The Balaban J connectivity index is 1.55. The van der Waals surface area contributed by atoms with Crippen LogP contribution in [0.15, 0.2) is 30.5 Å². The van der Waals surface area contributed by atoms with Crippen molar-refractivity contribution in [2.75, 3.05) is 44.2 Å². The molecule has 2 aliphatic heterocycles. The number of nitrogens with one attached hydrogen (secondary N) is 1. The predicted molar refractivity (Wildman–Crippen MR) is 80.0 cm³/mol. The third-order valence-corrected chi connectivity index (χ3v) is 4.46. The Kier molecular flexibility index (Phi) is 3.01. The quantitative estimate of drug-likeness (QED) is 0.870. The molecule has 104 valence electrons. The van der Waals surface area contributed by atoms with Crippen molar-refractivity contribution in [1.29, 1.82) is 0 Å². The van der Waals surface area contributed by atoms with E-state index in [4.69, 9.17) is 0 Å².